The highest BCUT2D eigenvalue weighted by Crippen LogP contribution is 2.39. The monoisotopic (exact) mass is 139 g/mol. The van der Waals surface area contributed by atoms with Crippen LogP contribution in [0.1, 0.15) is 27.2 Å². The molecule has 1 saturated heterocycles. The molecule has 1 heterocycles. The van der Waals surface area contributed by atoms with Gasteiger partial charge in [0.2, 0.25) is 0 Å². The van der Waals surface area contributed by atoms with E-state index in [4.69, 9.17) is 0 Å². The Hall–Kier alpha value is -0.460. The molecule has 1 atom stereocenters. The Morgan fingerprint density at radius 3 is 2.40 bits per heavy atom. The zero-order valence-corrected chi connectivity index (χ0v) is 7.20. The highest BCUT2D eigenvalue weighted by molar-refractivity contribution is 5.12. The Kier molecular flexibility index (Phi) is 1.76. The molecule has 1 rings (SSSR count). The van der Waals surface area contributed by atoms with Gasteiger partial charge < -0.3 is 5.32 Å². The molecular weight excluding hydrogens is 122 g/mol. The van der Waals surface area contributed by atoms with Crippen molar-refractivity contribution in [1.29, 1.82) is 0 Å². The Bertz CT molecular complexity index is 149. The molecule has 0 saturated carbocycles. The van der Waals surface area contributed by atoms with Crippen molar-refractivity contribution in [1.82, 2.24) is 5.32 Å². The van der Waals surface area contributed by atoms with Gasteiger partial charge in [-0.1, -0.05) is 27.4 Å². The van der Waals surface area contributed by atoms with Gasteiger partial charge in [-0.3, -0.25) is 0 Å². The molecule has 1 heteroatoms. The highest BCUT2D eigenvalue weighted by atomic mass is 14.9. The molecule has 0 aromatic heterocycles. The predicted octanol–water partition coefficient (Wildman–Crippen LogP) is 2.16. The van der Waals surface area contributed by atoms with Gasteiger partial charge in [-0.05, 0) is 12.3 Å². The van der Waals surface area contributed by atoms with E-state index in [9.17, 15) is 0 Å². The van der Waals surface area contributed by atoms with Crippen molar-refractivity contribution in [3.8, 4) is 0 Å². The van der Waals surface area contributed by atoms with Crippen LogP contribution in [0.25, 0.3) is 0 Å². The Labute approximate surface area is 63.5 Å². The normalized spacial score (nSPS) is 33.0. The van der Waals surface area contributed by atoms with Crippen molar-refractivity contribution in [2.45, 2.75) is 27.2 Å². The zero-order valence-electron chi connectivity index (χ0n) is 7.20. The van der Waals surface area contributed by atoms with Crippen LogP contribution in [0.3, 0.4) is 0 Å². The quantitative estimate of drug-likeness (QED) is 0.587. The van der Waals surface area contributed by atoms with E-state index in [2.05, 4.69) is 32.7 Å². The third-order valence-corrected chi connectivity index (χ3v) is 2.95. The van der Waals surface area contributed by atoms with Crippen molar-refractivity contribution in [2.75, 3.05) is 6.54 Å². The third kappa shape index (κ3) is 0.938. The molecule has 0 spiro atoms. The van der Waals surface area contributed by atoms with Crippen LogP contribution in [0.15, 0.2) is 12.3 Å². The van der Waals surface area contributed by atoms with Crippen LogP contribution in [0.5, 0.6) is 0 Å². The van der Waals surface area contributed by atoms with Gasteiger partial charge in [-0.25, -0.2) is 0 Å². The first-order chi connectivity index (χ1) is 4.57. The summed E-state index contributed by atoms with van der Waals surface area (Å²) in [5.41, 5.74) is 1.57. The zero-order chi connectivity index (χ0) is 7.78. The lowest BCUT2D eigenvalue weighted by atomic mass is 9.76. The van der Waals surface area contributed by atoms with Gasteiger partial charge in [0.15, 0.2) is 0 Å². The fraction of sp³-hybridized carbons (Fsp3) is 0.778. The van der Waals surface area contributed by atoms with Gasteiger partial charge >= 0.3 is 0 Å². The molecule has 0 unspecified atom stereocenters. The number of hydrogen-bond donors (Lipinski definition) is 1. The van der Waals surface area contributed by atoms with Crippen molar-refractivity contribution < 1.29 is 0 Å². The minimum absolute atomic E-state index is 0.347. The van der Waals surface area contributed by atoms with Gasteiger partial charge in [0.05, 0.1) is 0 Å². The average molecular weight is 139 g/mol. The van der Waals surface area contributed by atoms with E-state index >= 15 is 0 Å². The lowest BCUT2D eigenvalue weighted by Crippen LogP contribution is -2.23. The van der Waals surface area contributed by atoms with E-state index in [1.54, 1.807) is 0 Å². The van der Waals surface area contributed by atoms with Crippen molar-refractivity contribution >= 4 is 0 Å². The lowest BCUT2D eigenvalue weighted by molar-refractivity contribution is 0.289. The van der Waals surface area contributed by atoms with Gasteiger partial charge in [0.1, 0.15) is 0 Å². The van der Waals surface area contributed by atoms with Gasteiger partial charge in [-0.2, -0.15) is 0 Å². The number of nitrogens with one attached hydrogen (secondary N) is 1. The predicted molar refractivity (Wildman–Crippen MR) is 44.7 cm³/mol. The maximum atomic E-state index is 4.02. The fourth-order valence-electron chi connectivity index (χ4n) is 1.46. The molecule has 0 amide bonds. The third-order valence-electron chi connectivity index (χ3n) is 2.95. The maximum absolute atomic E-state index is 4.02. The van der Waals surface area contributed by atoms with E-state index in [0.717, 1.165) is 6.54 Å². The first-order valence-corrected chi connectivity index (χ1v) is 4.00. The summed E-state index contributed by atoms with van der Waals surface area (Å²) in [4.78, 5) is 0. The lowest BCUT2D eigenvalue weighted by Gasteiger charge is -2.28. The van der Waals surface area contributed by atoms with Crippen LogP contribution in [0.2, 0.25) is 0 Å². The Morgan fingerprint density at radius 2 is 2.20 bits per heavy atom. The molecule has 1 nitrogen and oxygen atoms in total. The molecule has 1 N–H and O–H groups in total. The Morgan fingerprint density at radius 1 is 1.60 bits per heavy atom. The van der Waals surface area contributed by atoms with Crippen LogP contribution in [0.4, 0.5) is 0 Å². The van der Waals surface area contributed by atoms with E-state index in [0.29, 0.717) is 11.3 Å². The maximum Gasteiger partial charge on any atom is 0.0153 e. The minimum atomic E-state index is 0.347. The summed E-state index contributed by atoms with van der Waals surface area (Å²) in [6.07, 6.45) is 1.24. The molecule has 1 aliphatic rings. The summed E-state index contributed by atoms with van der Waals surface area (Å²) >= 11 is 0. The number of hydrogen-bond acceptors (Lipinski definition) is 1. The second kappa shape index (κ2) is 2.30. The van der Waals surface area contributed by atoms with Gasteiger partial charge in [-0.15, -0.1) is 0 Å². The van der Waals surface area contributed by atoms with Crippen LogP contribution < -0.4 is 5.32 Å². The summed E-state index contributed by atoms with van der Waals surface area (Å²) in [5.74, 6) is 0.704. The molecule has 1 fully saturated rings. The molecule has 0 bridgehead atoms. The summed E-state index contributed by atoms with van der Waals surface area (Å²) < 4.78 is 0. The molecule has 10 heavy (non-hydrogen) atoms. The van der Waals surface area contributed by atoms with Crippen molar-refractivity contribution in [2.24, 2.45) is 11.3 Å². The molecule has 0 aromatic carbocycles. The van der Waals surface area contributed by atoms with E-state index < -0.39 is 0 Å². The van der Waals surface area contributed by atoms with Crippen molar-refractivity contribution in [3.63, 3.8) is 0 Å². The molecular formula is C9H17N. The largest absolute Gasteiger partial charge is 0.388 e. The summed E-state index contributed by atoms with van der Waals surface area (Å²) in [5, 5.41) is 3.30. The van der Waals surface area contributed by atoms with Crippen LogP contribution in [-0.4, -0.2) is 6.54 Å². The number of rotatable bonds is 1. The molecule has 1 aliphatic heterocycles. The molecule has 0 radical (unpaired) electrons. The first-order valence-electron chi connectivity index (χ1n) is 4.00. The Balaban J connectivity index is 2.75. The SMILES string of the molecule is C=C1NCC[C@]1(C)C(C)C. The van der Waals surface area contributed by atoms with Crippen LogP contribution in [0, 0.1) is 11.3 Å². The second-order valence-corrected chi connectivity index (χ2v) is 3.73. The van der Waals surface area contributed by atoms with Crippen LogP contribution in [-0.2, 0) is 0 Å². The fourth-order valence-corrected chi connectivity index (χ4v) is 1.46. The highest BCUT2D eigenvalue weighted by Gasteiger charge is 2.35. The summed E-state index contributed by atoms with van der Waals surface area (Å²) in [7, 11) is 0. The minimum Gasteiger partial charge on any atom is -0.388 e. The van der Waals surface area contributed by atoms with E-state index in [1.807, 2.05) is 0 Å². The molecule has 0 aliphatic carbocycles. The van der Waals surface area contributed by atoms with Crippen LogP contribution >= 0.6 is 0 Å². The molecule has 0 aromatic rings. The average Bonchev–Trinajstić information content (AvgIpc) is 2.15. The standard InChI is InChI=1S/C9H17N/c1-7(2)9(4)5-6-10-8(9)3/h7,10H,3,5-6H2,1-2,4H3/t9-/m1/s1. The topological polar surface area (TPSA) is 12.0 Å². The summed E-state index contributed by atoms with van der Waals surface area (Å²) in [6, 6.07) is 0. The van der Waals surface area contributed by atoms with E-state index in [-0.39, 0.29) is 0 Å². The second-order valence-electron chi connectivity index (χ2n) is 3.73. The van der Waals surface area contributed by atoms with Crippen molar-refractivity contribution in [3.05, 3.63) is 12.3 Å². The molecule has 58 valence electrons. The number of allylic oxidation sites excluding steroid dienone is 1. The summed E-state index contributed by atoms with van der Waals surface area (Å²) in [6.45, 7) is 11.9. The van der Waals surface area contributed by atoms with Gasteiger partial charge in [0, 0.05) is 17.7 Å². The smallest absolute Gasteiger partial charge is 0.0153 e. The van der Waals surface area contributed by atoms with E-state index in [1.165, 1.54) is 12.1 Å². The van der Waals surface area contributed by atoms with Gasteiger partial charge in [0.25, 0.3) is 0 Å². The first kappa shape index (κ1) is 7.64.